The van der Waals surface area contributed by atoms with Gasteiger partial charge in [0.25, 0.3) is 0 Å². The van der Waals surface area contributed by atoms with Crippen LogP contribution in [0.3, 0.4) is 0 Å². The minimum Gasteiger partial charge on any atom is -0.300 e. The molecule has 10 nitrogen and oxygen atoms in total. The van der Waals surface area contributed by atoms with E-state index in [0.717, 1.165) is 40.4 Å². The average molecular weight is 555 g/mol. The largest absolute Gasteiger partial charge is 0.300 e. The smallest absolute Gasteiger partial charge is 0.230 e. The third-order valence-corrected chi connectivity index (χ3v) is 8.40. The van der Waals surface area contributed by atoms with E-state index in [-0.39, 0.29) is 36.5 Å². The second-order valence-electron chi connectivity index (χ2n) is 9.17. The molecule has 39 heavy (non-hydrogen) atoms. The Morgan fingerprint density at radius 3 is 1.51 bits per heavy atom. The fourth-order valence-corrected chi connectivity index (χ4v) is 6.24. The minimum atomic E-state index is -0.186. The van der Waals surface area contributed by atoms with Gasteiger partial charge in [-0.05, 0) is 54.7 Å². The Kier molecular flexibility index (Phi) is 7.96. The first-order valence-corrected chi connectivity index (χ1v) is 13.9. The molecule has 0 aliphatic heterocycles. The van der Waals surface area contributed by atoms with Crippen LogP contribution in [0.15, 0.2) is 48.5 Å². The third kappa shape index (κ3) is 6.68. The van der Waals surface area contributed by atoms with Crippen molar-refractivity contribution in [1.29, 1.82) is 10.5 Å². The summed E-state index contributed by atoms with van der Waals surface area (Å²) in [6.07, 6.45) is 3.09. The number of nitriles is 2. The maximum absolute atomic E-state index is 12.4. The summed E-state index contributed by atoms with van der Waals surface area (Å²) in [6.45, 7) is 0. The zero-order chi connectivity index (χ0) is 27.2. The molecule has 2 heterocycles. The predicted molar refractivity (Wildman–Crippen MR) is 146 cm³/mol. The van der Waals surface area contributed by atoms with Crippen LogP contribution in [0.2, 0.25) is 0 Å². The fraction of sp³-hybridized carbons (Fsp3) is 0.259. The van der Waals surface area contributed by atoms with Gasteiger partial charge >= 0.3 is 0 Å². The van der Waals surface area contributed by atoms with Gasteiger partial charge in [0.05, 0.1) is 36.1 Å². The van der Waals surface area contributed by atoms with Crippen molar-refractivity contribution in [3.05, 3.63) is 80.8 Å². The number of nitrogens with one attached hydrogen (secondary N) is 2. The van der Waals surface area contributed by atoms with Gasteiger partial charge in [0.15, 0.2) is 0 Å². The van der Waals surface area contributed by atoms with Gasteiger partial charge in [-0.1, -0.05) is 46.9 Å². The van der Waals surface area contributed by atoms with Crippen LogP contribution < -0.4 is 10.6 Å². The molecule has 1 fully saturated rings. The SMILES string of the molecule is N#Cc1ccc(CC(=O)Nc2nnc(C3CCC(c4nnc(NC(=O)Cc5ccc(C#N)cc5)s4)C3)s2)cc1. The van der Waals surface area contributed by atoms with Crippen molar-refractivity contribution >= 4 is 44.8 Å². The highest BCUT2D eigenvalue weighted by molar-refractivity contribution is 7.15. The van der Waals surface area contributed by atoms with Gasteiger partial charge in [-0.25, -0.2) is 0 Å². The molecular weight excluding hydrogens is 532 g/mol. The lowest BCUT2D eigenvalue weighted by molar-refractivity contribution is -0.116. The number of aromatic nitrogens is 4. The first-order chi connectivity index (χ1) is 19.0. The number of hydrogen-bond donors (Lipinski definition) is 2. The molecule has 12 heteroatoms. The Bertz CT molecular complexity index is 1450. The second-order valence-corrected chi connectivity index (χ2v) is 11.2. The summed E-state index contributed by atoms with van der Waals surface area (Å²) in [6, 6.07) is 17.9. The van der Waals surface area contributed by atoms with Crippen molar-refractivity contribution in [3.63, 3.8) is 0 Å². The molecule has 2 unspecified atom stereocenters. The highest BCUT2D eigenvalue weighted by Crippen LogP contribution is 2.45. The van der Waals surface area contributed by atoms with E-state index in [2.05, 4.69) is 43.2 Å². The molecule has 1 aliphatic carbocycles. The average Bonchev–Trinajstić information content (AvgIpc) is 3.71. The maximum atomic E-state index is 12.4. The van der Waals surface area contributed by atoms with E-state index in [0.29, 0.717) is 21.4 Å². The number of rotatable bonds is 8. The van der Waals surface area contributed by atoms with Crippen molar-refractivity contribution in [3.8, 4) is 12.1 Å². The highest BCUT2D eigenvalue weighted by Gasteiger charge is 2.32. The Morgan fingerprint density at radius 1 is 0.718 bits per heavy atom. The lowest BCUT2D eigenvalue weighted by atomic mass is 10.1. The molecule has 2 atom stereocenters. The monoisotopic (exact) mass is 554 g/mol. The number of carbonyl (C=O) groups is 2. The molecule has 2 aromatic heterocycles. The summed E-state index contributed by atoms with van der Waals surface area (Å²) in [5.41, 5.74) is 2.74. The lowest BCUT2D eigenvalue weighted by Crippen LogP contribution is -2.14. The molecular formula is C27H22N8O2S2. The predicted octanol–water partition coefficient (Wildman–Crippen LogP) is 4.55. The highest BCUT2D eigenvalue weighted by atomic mass is 32.1. The molecule has 2 aromatic carbocycles. The maximum Gasteiger partial charge on any atom is 0.230 e. The van der Waals surface area contributed by atoms with Crippen molar-refractivity contribution in [2.75, 3.05) is 10.6 Å². The molecule has 194 valence electrons. The van der Waals surface area contributed by atoms with Gasteiger partial charge in [-0.15, -0.1) is 20.4 Å². The summed E-state index contributed by atoms with van der Waals surface area (Å²) in [7, 11) is 0. The van der Waals surface area contributed by atoms with Crippen LogP contribution in [0.1, 0.15) is 63.4 Å². The van der Waals surface area contributed by atoms with Gasteiger partial charge in [-0.3, -0.25) is 9.59 Å². The quantitative estimate of drug-likeness (QED) is 0.321. The third-order valence-electron chi connectivity index (χ3n) is 6.40. The molecule has 0 saturated heterocycles. The number of carbonyl (C=O) groups excluding carboxylic acids is 2. The molecule has 0 spiro atoms. The van der Waals surface area contributed by atoms with Crippen LogP contribution in [0.4, 0.5) is 10.3 Å². The van der Waals surface area contributed by atoms with Crippen LogP contribution in [-0.2, 0) is 22.4 Å². The first kappa shape index (κ1) is 26.1. The molecule has 1 saturated carbocycles. The summed E-state index contributed by atoms with van der Waals surface area (Å²) in [5, 5.41) is 43.1. The van der Waals surface area contributed by atoms with Crippen molar-refractivity contribution in [1.82, 2.24) is 20.4 Å². The Labute approximate surface area is 232 Å². The summed E-state index contributed by atoms with van der Waals surface area (Å²) >= 11 is 2.77. The van der Waals surface area contributed by atoms with E-state index in [9.17, 15) is 9.59 Å². The minimum absolute atomic E-state index is 0.186. The first-order valence-electron chi connectivity index (χ1n) is 12.2. The van der Waals surface area contributed by atoms with E-state index in [1.165, 1.54) is 22.7 Å². The molecule has 2 N–H and O–H groups in total. The molecule has 1 aliphatic rings. The number of amides is 2. The Morgan fingerprint density at radius 2 is 1.13 bits per heavy atom. The molecule has 5 rings (SSSR count). The van der Waals surface area contributed by atoms with E-state index < -0.39 is 0 Å². The summed E-state index contributed by atoms with van der Waals surface area (Å²) in [4.78, 5) is 24.8. The zero-order valence-electron chi connectivity index (χ0n) is 20.6. The van der Waals surface area contributed by atoms with Crippen LogP contribution >= 0.6 is 22.7 Å². The topological polar surface area (TPSA) is 157 Å². The van der Waals surface area contributed by atoms with Gasteiger partial charge in [0, 0.05) is 11.8 Å². The second kappa shape index (κ2) is 11.9. The lowest BCUT2D eigenvalue weighted by Gasteiger charge is -2.05. The number of hydrogen-bond acceptors (Lipinski definition) is 10. The molecule has 0 bridgehead atoms. The van der Waals surface area contributed by atoms with Crippen LogP contribution in [0, 0.1) is 22.7 Å². The number of anilines is 2. The van der Waals surface area contributed by atoms with E-state index in [1.807, 2.05) is 0 Å². The number of benzene rings is 2. The normalized spacial score (nSPS) is 16.3. The van der Waals surface area contributed by atoms with Gasteiger partial charge in [-0.2, -0.15) is 10.5 Å². The van der Waals surface area contributed by atoms with E-state index in [4.69, 9.17) is 10.5 Å². The fourth-order valence-electron chi connectivity index (χ4n) is 4.42. The van der Waals surface area contributed by atoms with Crippen LogP contribution in [0.25, 0.3) is 0 Å². The van der Waals surface area contributed by atoms with Crippen LogP contribution in [-0.4, -0.2) is 32.2 Å². The van der Waals surface area contributed by atoms with Crippen molar-refractivity contribution in [2.24, 2.45) is 0 Å². The Balaban J connectivity index is 1.11. The standard InChI is InChI=1S/C27H22N8O2S2/c28-14-18-5-1-16(2-6-18)11-22(36)30-26-34-32-24(38-26)20-9-10-21(13-20)25-33-35-27(39-25)31-23(37)12-17-3-7-19(15-29)8-4-17/h1-8,20-21H,9-13H2,(H,30,34,36)(H,31,35,37). The van der Waals surface area contributed by atoms with Gasteiger partial charge in [0.1, 0.15) is 10.0 Å². The van der Waals surface area contributed by atoms with Crippen molar-refractivity contribution < 1.29 is 9.59 Å². The molecule has 4 aromatic rings. The van der Waals surface area contributed by atoms with Gasteiger partial charge in [0.2, 0.25) is 22.1 Å². The molecule has 2 amide bonds. The Hall–Kier alpha value is -4.52. The zero-order valence-corrected chi connectivity index (χ0v) is 22.3. The number of nitrogens with zero attached hydrogens (tertiary/aromatic N) is 6. The summed E-state index contributed by atoms with van der Waals surface area (Å²) < 4.78 is 0. The van der Waals surface area contributed by atoms with Crippen LogP contribution in [0.5, 0.6) is 0 Å². The van der Waals surface area contributed by atoms with E-state index >= 15 is 0 Å². The van der Waals surface area contributed by atoms with Crippen molar-refractivity contribution in [2.45, 2.75) is 43.9 Å². The molecule has 0 radical (unpaired) electrons. The van der Waals surface area contributed by atoms with E-state index in [1.54, 1.807) is 48.5 Å². The summed E-state index contributed by atoms with van der Waals surface area (Å²) in [5.74, 6) is 0.0636. The van der Waals surface area contributed by atoms with Gasteiger partial charge < -0.3 is 10.6 Å².